The quantitative estimate of drug-likeness (QED) is 0.865. The Morgan fingerprint density at radius 1 is 1.00 bits per heavy atom. The minimum absolute atomic E-state index is 0.625. The Bertz CT molecular complexity index is 532. The first-order valence-corrected chi connectivity index (χ1v) is 7.29. The zero-order chi connectivity index (χ0) is 13.1. The van der Waals surface area contributed by atoms with Crippen molar-refractivity contribution in [3.05, 3.63) is 71.3 Å². The second-order valence-corrected chi connectivity index (χ2v) is 5.70. The standard InChI is InChI=1S/C18H21N/c1-14-13-16-9-5-6-10-17(16)18(19-14)12-11-15-7-3-2-4-8-15/h2-10,14,18-19H,11-13H2,1H3/p+1/t14-,18+/m0/s1. The van der Waals surface area contributed by atoms with Crippen molar-refractivity contribution in [2.24, 2.45) is 0 Å². The molecule has 1 nitrogen and oxygen atoms in total. The van der Waals surface area contributed by atoms with E-state index >= 15 is 0 Å². The molecule has 19 heavy (non-hydrogen) atoms. The molecule has 0 saturated carbocycles. The molecule has 0 aliphatic carbocycles. The first-order valence-electron chi connectivity index (χ1n) is 7.29. The predicted octanol–water partition coefficient (Wildman–Crippen LogP) is 2.87. The van der Waals surface area contributed by atoms with Crippen molar-refractivity contribution in [1.29, 1.82) is 0 Å². The summed E-state index contributed by atoms with van der Waals surface area (Å²) in [4.78, 5) is 0. The van der Waals surface area contributed by atoms with E-state index in [1.165, 1.54) is 24.8 Å². The Labute approximate surface area is 115 Å². The molecule has 1 aliphatic rings. The van der Waals surface area contributed by atoms with Gasteiger partial charge in [0.1, 0.15) is 6.04 Å². The molecule has 2 aromatic rings. The van der Waals surface area contributed by atoms with Gasteiger partial charge in [0.25, 0.3) is 0 Å². The molecule has 2 N–H and O–H groups in total. The average Bonchev–Trinajstić information content (AvgIpc) is 2.45. The molecule has 0 bridgehead atoms. The van der Waals surface area contributed by atoms with Gasteiger partial charge in [-0.15, -0.1) is 0 Å². The summed E-state index contributed by atoms with van der Waals surface area (Å²) in [6.07, 6.45) is 3.60. The second-order valence-electron chi connectivity index (χ2n) is 5.70. The largest absolute Gasteiger partial charge is 0.338 e. The summed E-state index contributed by atoms with van der Waals surface area (Å²) in [5.74, 6) is 0. The van der Waals surface area contributed by atoms with Crippen LogP contribution in [0, 0.1) is 0 Å². The summed E-state index contributed by atoms with van der Waals surface area (Å²) in [6.45, 7) is 2.34. The second kappa shape index (κ2) is 5.58. The number of aryl methyl sites for hydroxylation is 1. The molecule has 1 heteroatoms. The minimum atomic E-state index is 0.625. The highest BCUT2D eigenvalue weighted by molar-refractivity contribution is 5.31. The summed E-state index contributed by atoms with van der Waals surface area (Å²) >= 11 is 0. The van der Waals surface area contributed by atoms with Gasteiger partial charge in [-0.2, -0.15) is 0 Å². The molecular formula is C18H22N+. The highest BCUT2D eigenvalue weighted by Gasteiger charge is 2.26. The zero-order valence-electron chi connectivity index (χ0n) is 11.5. The Morgan fingerprint density at radius 2 is 1.74 bits per heavy atom. The smallest absolute Gasteiger partial charge is 0.112 e. The number of fused-ring (bicyclic) bond motifs is 1. The van der Waals surface area contributed by atoms with Crippen LogP contribution < -0.4 is 5.32 Å². The Morgan fingerprint density at radius 3 is 2.58 bits per heavy atom. The normalized spacial score (nSPS) is 21.9. The molecular weight excluding hydrogens is 230 g/mol. The van der Waals surface area contributed by atoms with Crippen molar-refractivity contribution in [1.82, 2.24) is 0 Å². The van der Waals surface area contributed by atoms with Crippen molar-refractivity contribution in [2.75, 3.05) is 0 Å². The lowest BCUT2D eigenvalue weighted by molar-refractivity contribution is -0.729. The van der Waals surface area contributed by atoms with Crippen molar-refractivity contribution >= 4 is 0 Å². The van der Waals surface area contributed by atoms with E-state index in [-0.39, 0.29) is 0 Å². The van der Waals surface area contributed by atoms with Crippen molar-refractivity contribution in [3.63, 3.8) is 0 Å². The fraction of sp³-hybridized carbons (Fsp3) is 0.333. The summed E-state index contributed by atoms with van der Waals surface area (Å²) < 4.78 is 0. The van der Waals surface area contributed by atoms with E-state index in [9.17, 15) is 0 Å². The molecule has 2 atom stereocenters. The van der Waals surface area contributed by atoms with E-state index in [0.29, 0.717) is 12.1 Å². The maximum atomic E-state index is 2.55. The maximum absolute atomic E-state index is 2.55. The van der Waals surface area contributed by atoms with Gasteiger partial charge in [-0.1, -0.05) is 54.6 Å². The van der Waals surface area contributed by atoms with Gasteiger partial charge in [-0.05, 0) is 24.5 Å². The monoisotopic (exact) mass is 252 g/mol. The van der Waals surface area contributed by atoms with E-state index < -0.39 is 0 Å². The van der Waals surface area contributed by atoms with Crippen LogP contribution in [0.1, 0.15) is 36.1 Å². The van der Waals surface area contributed by atoms with Crippen LogP contribution in [0.4, 0.5) is 0 Å². The molecule has 0 spiro atoms. The Balaban J connectivity index is 1.74. The molecule has 0 amide bonds. The van der Waals surface area contributed by atoms with Crippen molar-refractivity contribution in [2.45, 2.75) is 38.3 Å². The first-order chi connectivity index (χ1) is 9.33. The SMILES string of the molecule is C[C@H]1Cc2ccccc2[C@@H](CCc2ccccc2)[NH2+]1. The highest BCUT2D eigenvalue weighted by Crippen LogP contribution is 2.23. The van der Waals surface area contributed by atoms with E-state index in [4.69, 9.17) is 0 Å². The van der Waals surface area contributed by atoms with Crippen molar-refractivity contribution < 1.29 is 5.32 Å². The van der Waals surface area contributed by atoms with Crippen LogP contribution in [0.3, 0.4) is 0 Å². The van der Waals surface area contributed by atoms with Gasteiger partial charge in [0.15, 0.2) is 0 Å². The number of hydrogen-bond acceptors (Lipinski definition) is 0. The topological polar surface area (TPSA) is 16.6 Å². The highest BCUT2D eigenvalue weighted by atomic mass is 15.0. The van der Waals surface area contributed by atoms with Gasteiger partial charge in [-0.25, -0.2) is 0 Å². The lowest BCUT2D eigenvalue weighted by Gasteiger charge is -2.28. The molecule has 1 heterocycles. The van der Waals surface area contributed by atoms with Crippen LogP contribution >= 0.6 is 0 Å². The van der Waals surface area contributed by atoms with Crippen LogP contribution in [0.15, 0.2) is 54.6 Å². The van der Waals surface area contributed by atoms with Crippen LogP contribution in [-0.2, 0) is 12.8 Å². The third kappa shape index (κ3) is 2.87. The summed E-state index contributed by atoms with van der Waals surface area (Å²) in [7, 11) is 0. The molecule has 0 radical (unpaired) electrons. The van der Waals surface area contributed by atoms with Crippen LogP contribution in [0.25, 0.3) is 0 Å². The number of quaternary nitrogens is 1. The van der Waals surface area contributed by atoms with E-state index in [0.717, 1.165) is 0 Å². The van der Waals surface area contributed by atoms with Crippen LogP contribution in [0.5, 0.6) is 0 Å². The number of benzene rings is 2. The van der Waals surface area contributed by atoms with Gasteiger partial charge in [0.2, 0.25) is 0 Å². The van der Waals surface area contributed by atoms with Crippen LogP contribution in [0.2, 0.25) is 0 Å². The fourth-order valence-corrected chi connectivity index (χ4v) is 3.22. The summed E-state index contributed by atoms with van der Waals surface area (Å²) in [6, 6.07) is 21.1. The maximum Gasteiger partial charge on any atom is 0.112 e. The molecule has 0 aromatic heterocycles. The average molecular weight is 252 g/mol. The molecule has 0 unspecified atom stereocenters. The van der Waals surface area contributed by atoms with Crippen LogP contribution in [-0.4, -0.2) is 6.04 Å². The minimum Gasteiger partial charge on any atom is -0.338 e. The van der Waals surface area contributed by atoms with Crippen molar-refractivity contribution in [3.8, 4) is 0 Å². The lowest BCUT2D eigenvalue weighted by Crippen LogP contribution is -2.92. The summed E-state index contributed by atoms with van der Waals surface area (Å²) in [5, 5.41) is 2.55. The third-order valence-electron chi connectivity index (χ3n) is 4.14. The zero-order valence-corrected chi connectivity index (χ0v) is 11.5. The molecule has 0 saturated heterocycles. The molecule has 1 aliphatic heterocycles. The van der Waals surface area contributed by atoms with Gasteiger partial charge < -0.3 is 5.32 Å². The first kappa shape index (κ1) is 12.4. The predicted molar refractivity (Wildman–Crippen MR) is 79.0 cm³/mol. The Kier molecular flexibility index (Phi) is 3.65. The van der Waals surface area contributed by atoms with Gasteiger partial charge in [-0.3, -0.25) is 0 Å². The lowest BCUT2D eigenvalue weighted by atomic mass is 9.88. The van der Waals surface area contributed by atoms with E-state index in [1.807, 2.05) is 0 Å². The molecule has 0 fully saturated rings. The number of nitrogens with two attached hydrogens (primary N) is 1. The van der Waals surface area contributed by atoms with Gasteiger partial charge in [0, 0.05) is 18.4 Å². The van der Waals surface area contributed by atoms with E-state index in [1.54, 1.807) is 11.1 Å². The molecule has 98 valence electrons. The third-order valence-corrected chi connectivity index (χ3v) is 4.14. The number of hydrogen-bond donors (Lipinski definition) is 1. The fourth-order valence-electron chi connectivity index (χ4n) is 3.22. The molecule has 3 rings (SSSR count). The van der Waals surface area contributed by atoms with E-state index in [2.05, 4.69) is 66.8 Å². The summed E-state index contributed by atoms with van der Waals surface area (Å²) in [5.41, 5.74) is 4.55. The van der Waals surface area contributed by atoms with Gasteiger partial charge >= 0.3 is 0 Å². The van der Waals surface area contributed by atoms with Gasteiger partial charge in [0.05, 0.1) is 6.04 Å². The number of rotatable bonds is 3. The Hall–Kier alpha value is -1.60. The molecule has 2 aromatic carbocycles.